The second-order valence-corrected chi connectivity index (χ2v) is 37.0. The van der Waals surface area contributed by atoms with Crippen LogP contribution in [-0.4, -0.2) is 61.0 Å². The van der Waals surface area contributed by atoms with E-state index in [0.717, 1.165) is 55.7 Å². The molecule has 0 amide bonds. The number of halogens is 9. The molecular formula is C116H81BrCl7IO19S. The van der Waals surface area contributed by atoms with Gasteiger partial charge in [0.25, 0.3) is 5.97 Å². The lowest BCUT2D eigenvalue weighted by Crippen LogP contribution is -2.33. The van der Waals surface area contributed by atoms with Crippen LogP contribution in [0, 0.1) is 3.57 Å². The van der Waals surface area contributed by atoms with Crippen molar-refractivity contribution in [1.29, 1.82) is 0 Å². The van der Waals surface area contributed by atoms with Crippen LogP contribution >= 0.6 is 121 Å². The number of hydrogen-bond acceptors (Lipinski definition) is 14. The highest BCUT2D eigenvalue weighted by atomic mass is 127. The third-order valence-electron chi connectivity index (χ3n) is 22.1. The number of aromatic hydroxyl groups is 1. The molecule has 23 rings (SSSR count). The molecule has 1 atom stereocenters. The number of para-hydroxylation sites is 6. The van der Waals surface area contributed by atoms with E-state index in [1.165, 1.54) is 45.5 Å². The van der Waals surface area contributed by atoms with Gasteiger partial charge >= 0.3 is 22.3 Å². The smallest absolute Gasteiger partial charge is 0.394 e. The fraction of sp³-hybridized carbons (Fsp3) is 0.0259. The van der Waals surface area contributed by atoms with Crippen LogP contribution in [0.4, 0.5) is 0 Å². The molecule has 2 aliphatic heterocycles. The predicted molar refractivity (Wildman–Crippen MR) is 589 cm³/mol. The second-order valence-electron chi connectivity index (χ2n) is 31.5. The first-order valence-corrected chi connectivity index (χ1v) is 49.1. The van der Waals surface area contributed by atoms with Gasteiger partial charge in [-0.3, -0.25) is 23.5 Å². The Hall–Kier alpha value is -14.4. The van der Waals surface area contributed by atoms with Gasteiger partial charge in [0, 0.05) is 72.9 Å². The van der Waals surface area contributed by atoms with Crippen molar-refractivity contribution in [2.45, 2.75) is 17.9 Å². The number of carboxylic acid groups (broad SMARTS) is 3. The normalized spacial score (nSPS) is 12.3. The summed E-state index contributed by atoms with van der Waals surface area (Å²) in [6, 6.07) is 133. The van der Waals surface area contributed by atoms with Gasteiger partial charge in [0.05, 0.1) is 32.5 Å². The van der Waals surface area contributed by atoms with Crippen molar-refractivity contribution >= 4 is 193 Å². The Balaban J connectivity index is 0.000000141. The van der Waals surface area contributed by atoms with Gasteiger partial charge in [-0.2, -0.15) is 8.42 Å². The summed E-state index contributed by atoms with van der Waals surface area (Å²) in [5.74, 6) is 1.34. The number of ether oxygens (including phenoxy) is 3. The number of carbonyl (C=O) groups is 3. The molecule has 0 saturated carbocycles. The molecule has 18 aromatic carbocycles. The van der Waals surface area contributed by atoms with Crippen molar-refractivity contribution in [3.8, 4) is 73.6 Å². The van der Waals surface area contributed by atoms with E-state index in [1.807, 2.05) is 192 Å². The summed E-state index contributed by atoms with van der Waals surface area (Å²) in [6.45, 7) is 1.08. The van der Waals surface area contributed by atoms with Gasteiger partial charge in [-0.15, -0.1) is 12.4 Å². The first-order valence-electron chi connectivity index (χ1n) is 43.6. The zero-order valence-corrected chi connectivity index (χ0v) is 85.7. The molecular weight excluding hydrogens is 2180 g/mol. The standard InChI is InChI=1S/C25H17ClO2.C25H15ClO.C13H9ClO3.2C13H7ClO2.C12H9Br.C7H4ClIO2.C6H6O.C2H4O2.ClH.H2O4S/c26-18-14-15-24-22(16-18)25(27,21-12-6-7-13-23(21)28-24)20-11-5-4-10-19(20)17-8-2-1-3-9-17;26-16-13-14-24-22(15-16)25(21-11-5-6-12-23(21)27-24)19-9-3-1-7-17(19)18-8-2-4-10-20(18)25;14-9-6-7-12(11(8-9)13(15)16)17-10-4-2-1-3-5-10;2*14-8-5-6-12-10(7-8)13(15)9-3-1-2-4-11(9)16-12;13-12-9-5-4-8-11(12)10-6-2-1-3-7-10;8-4-1-2-6(9)5(3-4)7(10)11;7-6-4-2-1-3-5-6;1-2(3)4;;1-5(2,3)4/h1-16,27H;1-15H;1-8H,(H,15,16);2*1-7H;1-9H;1-3H,(H,10,11);1-5,7H;1H3,(H,3,4);1H;(H2,1,2,3,4). The molecule has 19 nitrogen and oxygen atoms in total. The Kier molecular flexibility index (Phi) is 37.0. The summed E-state index contributed by atoms with van der Waals surface area (Å²) in [6.07, 6.45) is 0. The van der Waals surface area contributed by atoms with Crippen molar-refractivity contribution in [2.24, 2.45) is 0 Å². The summed E-state index contributed by atoms with van der Waals surface area (Å²) in [7, 11) is -4.67. The molecule has 728 valence electrons. The van der Waals surface area contributed by atoms with E-state index in [1.54, 1.807) is 133 Å². The van der Waals surface area contributed by atoms with E-state index >= 15 is 0 Å². The van der Waals surface area contributed by atoms with E-state index < -0.39 is 39.3 Å². The molecule has 0 saturated heterocycles. The lowest BCUT2D eigenvalue weighted by molar-refractivity contribution is -0.134. The Morgan fingerprint density at radius 2 is 0.676 bits per heavy atom. The molecule has 20 aromatic rings. The summed E-state index contributed by atoms with van der Waals surface area (Å²) < 4.78 is 62.5. The number of aliphatic carboxylic acids is 1. The first-order chi connectivity index (χ1) is 69.3. The molecule has 0 fully saturated rings. The summed E-state index contributed by atoms with van der Waals surface area (Å²) in [5.41, 5.74) is 14.7. The van der Waals surface area contributed by atoms with Gasteiger partial charge in [0.1, 0.15) is 73.7 Å². The van der Waals surface area contributed by atoms with Crippen molar-refractivity contribution in [1.82, 2.24) is 0 Å². The van der Waals surface area contributed by atoms with Crippen LogP contribution in [0.1, 0.15) is 66.6 Å². The van der Waals surface area contributed by atoms with Crippen LogP contribution in [-0.2, 0) is 26.2 Å². The highest BCUT2D eigenvalue weighted by Crippen LogP contribution is 2.62. The predicted octanol–water partition coefficient (Wildman–Crippen LogP) is 32.2. The first kappa shape index (κ1) is 108. The number of fused-ring (bicyclic) bond motifs is 15. The molecule has 29 heteroatoms. The Labute approximate surface area is 890 Å². The van der Waals surface area contributed by atoms with E-state index in [2.05, 4.69) is 125 Å². The number of rotatable bonds is 7. The fourth-order valence-electron chi connectivity index (χ4n) is 16.1. The molecule has 145 heavy (non-hydrogen) atoms. The van der Waals surface area contributed by atoms with Gasteiger partial charge in [-0.05, 0) is 243 Å². The number of carboxylic acids is 3. The highest BCUT2D eigenvalue weighted by Gasteiger charge is 2.51. The van der Waals surface area contributed by atoms with Gasteiger partial charge in [0.2, 0.25) is 10.9 Å². The average molecular weight is 2270 g/mol. The lowest BCUT2D eigenvalue weighted by Gasteiger charge is -2.39. The zero-order valence-electron chi connectivity index (χ0n) is 75.8. The molecule has 3 aliphatic rings. The number of phenolic OH excluding ortho intramolecular Hbond substituents is 1. The average Bonchev–Trinajstić information content (AvgIpc) is 1.53. The van der Waals surface area contributed by atoms with Crippen LogP contribution in [0.25, 0.3) is 77.3 Å². The third-order valence-corrected chi connectivity index (χ3v) is 25.2. The molecule has 0 bridgehead atoms. The van der Waals surface area contributed by atoms with Gasteiger partial charge in [-0.1, -0.05) is 334 Å². The van der Waals surface area contributed by atoms with E-state index in [0.29, 0.717) is 107 Å². The van der Waals surface area contributed by atoms with Crippen molar-refractivity contribution in [3.63, 3.8) is 0 Å². The van der Waals surface area contributed by atoms with Crippen LogP contribution in [0.15, 0.2) is 448 Å². The minimum absolute atomic E-state index is 0. The number of phenols is 1. The van der Waals surface area contributed by atoms with Crippen molar-refractivity contribution in [2.75, 3.05) is 0 Å². The van der Waals surface area contributed by atoms with Crippen LogP contribution in [0.5, 0.6) is 40.2 Å². The Morgan fingerprint density at radius 3 is 1.14 bits per heavy atom. The molecule has 0 radical (unpaired) electrons. The van der Waals surface area contributed by atoms with E-state index in [9.17, 15) is 24.3 Å². The summed E-state index contributed by atoms with van der Waals surface area (Å²) >= 11 is 41.3. The molecule has 1 spiro atoms. The number of hydrogen-bond donors (Lipinski definition) is 7. The number of aliphatic hydroxyl groups is 1. The maximum atomic E-state index is 12.3. The number of aromatic carboxylic acids is 2. The minimum atomic E-state index is -4.67. The van der Waals surface area contributed by atoms with E-state index in [-0.39, 0.29) is 40.1 Å². The summed E-state index contributed by atoms with van der Waals surface area (Å²) in [5, 5.41) is 51.3. The minimum Gasteiger partial charge on any atom is -0.508 e. The maximum Gasteiger partial charge on any atom is 0.394 e. The van der Waals surface area contributed by atoms with Crippen LogP contribution in [0.2, 0.25) is 30.1 Å². The molecule has 2 aromatic heterocycles. The number of benzene rings is 18. The largest absolute Gasteiger partial charge is 0.508 e. The monoisotopic (exact) mass is 2260 g/mol. The van der Waals surface area contributed by atoms with Crippen LogP contribution < -0.4 is 25.1 Å². The molecule has 7 N–H and O–H groups in total. The zero-order chi connectivity index (χ0) is 102. The van der Waals surface area contributed by atoms with Crippen molar-refractivity contribution in [3.05, 3.63) is 533 Å². The quantitative estimate of drug-likeness (QED) is 0.0443. The van der Waals surface area contributed by atoms with Crippen molar-refractivity contribution < 1.29 is 80.5 Å². The maximum absolute atomic E-state index is 12.3. The SMILES string of the molecule is Brc1ccccc1-c1ccccc1.CC(=O)O.Cl.Clc1ccc2c(c1)C1(c3ccccc3O2)c2ccccc2-c2ccccc21.O=C(O)c1cc(Cl)ccc1I.O=C(O)c1cc(Cl)ccc1Oc1ccccc1.O=S(=O)(O)O.O=c1c2ccccc2oc2ccc(Cl)cc12.O=c1c2ccccc2oc2ccc(Cl)cc12.OC1(c2ccccc2-c2ccccc2)c2ccccc2Oc2ccc(Cl)cc21.Oc1ccccc1. The van der Waals surface area contributed by atoms with Gasteiger partial charge < -0.3 is 48.6 Å². The highest BCUT2D eigenvalue weighted by molar-refractivity contribution is 14.1. The third kappa shape index (κ3) is 26.6. The van der Waals surface area contributed by atoms with Crippen LogP contribution in [0.3, 0.4) is 0 Å². The molecule has 1 unspecified atom stereocenters. The summed E-state index contributed by atoms with van der Waals surface area (Å²) in [4.78, 5) is 54.8. The fourth-order valence-corrected chi connectivity index (χ4v) is 18.2. The lowest BCUT2D eigenvalue weighted by atomic mass is 9.66. The second kappa shape index (κ2) is 49.7. The van der Waals surface area contributed by atoms with E-state index in [4.69, 9.17) is 135 Å². The topological polar surface area (TPSA) is 315 Å². The van der Waals surface area contributed by atoms with Gasteiger partial charge in [0.15, 0.2) is 0 Å². The Morgan fingerprint density at radius 1 is 0.345 bits per heavy atom. The van der Waals surface area contributed by atoms with Gasteiger partial charge in [-0.25, -0.2) is 9.59 Å². The Bertz CT molecular complexity index is 8140. The molecule has 4 heterocycles. The molecule has 1 aliphatic carbocycles.